The molecule has 3 aromatic rings. The van der Waals surface area contributed by atoms with Crippen molar-refractivity contribution in [3.8, 4) is 0 Å². The summed E-state index contributed by atoms with van der Waals surface area (Å²) in [6.45, 7) is 0. The summed E-state index contributed by atoms with van der Waals surface area (Å²) in [5, 5.41) is 4.41. The topological polar surface area (TPSA) is 76.4 Å². The lowest BCUT2D eigenvalue weighted by Crippen LogP contribution is -2.12. The molecule has 0 atom stereocenters. The second kappa shape index (κ2) is 5.04. The number of nitrogens with zero attached hydrogens (tertiary/aromatic N) is 3. The number of hydrogen-bond donors (Lipinski definition) is 1. The molecule has 1 saturated carbocycles. The summed E-state index contributed by atoms with van der Waals surface area (Å²) in [6.07, 6.45) is 3.97. The average Bonchev–Trinajstić information content (AvgIpc) is 3.06. The summed E-state index contributed by atoms with van der Waals surface area (Å²) >= 11 is 4.44. The van der Waals surface area contributed by atoms with E-state index in [4.69, 9.17) is 0 Å². The van der Waals surface area contributed by atoms with E-state index in [2.05, 4.69) is 30.7 Å². The van der Waals surface area contributed by atoms with Crippen LogP contribution in [0.5, 0.6) is 0 Å². The zero-order chi connectivity index (χ0) is 15.3. The number of hydrogen-bond acceptors (Lipinski definition) is 5. The smallest absolute Gasteiger partial charge is 0.271 e. The zero-order valence-corrected chi connectivity index (χ0v) is 14.4. The normalized spacial score (nSPS) is 15.3. The molecule has 0 saturated heterocycles. The van der Waals surface area contributed by atoms with Gasteiger partial charge in [-0.15, -0.1) is 11.3 Å². The van der Waals surface area contributed by atoms with E-state index in [-0.39, 0.29) is 4.21 Å². The number of halogens is 1. The molecule has 0 spiro atoms. The fourth-order valence-corrected chi connectivity index (χ4v) is 5.22. The third kappa shape index (κ3) is 2.53. The van der Waals surface area contributed by atoms with Crippen LogP contribution in [0.1, 0.15) is 24.6 Å². The van der Waals surface area contributed by atoms with Crippen LogP contribution in [0.4, 0.5) is 5.69 Å². The first-order valence-electron chi connectivity index (χ1n) is 6.66. The van der Waals surface area contributed by atoms with Gasteiger partial charge < -0.3 is 0 Å². The molecule has 3 heterocycles. The lowest BCUT2D eigenvalue weighted by molar-refractivity contribution is 0.603. The van der Waals surface area contributed by atoms with E-state index < -0.39 is 10.0 Å². The lowest BCUT2D eigenvalue weighted by atomic mass is 10.4. The maximum Gasteiger partial charge on any atom is 0.271 e. The van der Waals surface area contributed by atoms with Crippen molar-refractivity contribution in [3.63, 3.8) is 0 Å². The van der Waals surface area contributed by atoms with Crippen molar-refractivity contribution in [2.75, 3.05) is 4.72 Å². The van der Waals surface area contributed by atoms with Gasteiger partial charge >= 0.3 is 0 Å². The molecule has 1 fully saturated rings. The Hall–Kier alpha value is -1.45. The minimum absolute atomic E-state index is 0.253. The summed E-state index contributed by atoms with van der Waals surface area (Å²) in [6, 6.07) is 6.72. The summed E-state index contributed by atoms with van der Waals surface area (Å²) in [5.74, 6) is 1.20. The fourth-order valence-electron chi connectivity index (χ4n) is 2.15. The first-order chi connectivity index (χ1) is 10.5. The van der Waals surface area contributed by atoms with E-state index in [9.17, 15) is 8.42 Å². The predicted octanol–water partition coefficient (Wildman–Crippen LogP) is 3.23. The highest BCUT2D eigenvalue weighted by atomic mass is 79.9. The second-order valence-electron chi connectivity index (χ2n) is 5.10. The highest BCUT2D eigenvalue weighted by Crippen LogP contribution is 2.38. The standard InChI is InChI=1S/C13H11BrN4O2S2/c14-10-5-6-11(21-10)22(19,20)17-9-2-1-7-18-13(9)15-12(16-18)8-3-4-8/h1-2,5-8,17H,3-4H2. The molecule has 114 valence electrons. The molecule has 3 aromatic heterocycles. The van der Waals surface area contributed by atoms with Crippen LogP contribution in [0.2, 0.25) is 0 Å². The number of fused-ring (bicyclic) bond motifs is 1. The highest BCUT2D eigenvalue weighted by molar-refractivity contribution is 9.11. The van der Waals surface area contributed by atoms with E-state index in [1.165, 1.54) is 0 Å². The Labute approximate surface area is 139 Å². The van der Waals surface area contributed by atoms with Crippen LogP contribution in [-0.4, -0.2) is 23.0 Å². The third-order valence-corrected chi connectivity index (χ3v) is 6.86. The Balaban J connectivity index is 1.74. The monoisotopic (exact) mass is 398 g/mol. The molecule has 0 bridgehead atoms. The Morgan fingerprint density at radius 3 is 2.82 bits per heavy atom. The molecule has 0 amide bonds. The molecule has 0 unspecified atom stereocenters. The molecule has 9 heteroatoms. The molecular formula is C13H11BrN4O2S2. The first kappa shape index (κ1) is 14.2. The van der Waals surface area contributed by atoms with Gasteiger partial charge in [0.15, 0.2) is 11.5 Å². The summed E-state index contributed by atoms with van der Waals surface area (Å²) in [7, 11) is -3.62. The number of nitrogens with one attached hydrogen (secondary N) is 1. The highest BCUT2D eigenvalue weighted by Gasteiger charge is 2.28. The molecule has 1 N–H and O–H groups in total. The van der Waals surface area contributed by atoms with Gasteiger partial charge in [0.05, 0.1) is 9.47 Å². The summed E-state index contributed by atoms with van der Waals surface area (Å²) in [5.41, 5.74) is 0.968. The Kier molecular flexibility index (Phi) is 3.24. The van der Waals surface area contributed by atoms with Crippen molar-refractivity contribution < 1.29 is 8.42 Å². The van der Waals surface area contributed by atoms with Crippen LogP contribution >= 0.6 is 27.3 Å². The van der Waals surface area contributed by atoms with Crippen LogP contribution in [0.25, 0.3) is 5.65 Å². The Bertz CT molecular complexity index is 959. The van der Waals surface area contributed by atoms with Gasteiger partial charge in [0.2, 0.25) is 0 Å². The fraction of sp³-hybridized carbons (Fsp3) is 0.231. The van der Waals surface area contributed by atoms with Gasteiger partial charge in [-0.2, -0.15) is 5.10 Å². The molecule has 0 radical (unpaired) electrons. The van der Waals surface area contributed by atoms with Gasteiger partial charge in [-0.3, -0.25) is 4.72 Å². The number of sulfonamides is 1. The van der Waals surface area contributed by atoms with E-state index in [0.717, 1.165) is 33.8 Å². The van der Waals surface area contributed by atoms with Crippen molar-refractivity contribution in [1.29, 1.82) is 0 Å². The van der Waals surface area contributed by atoms with Crippen LogP contribution < -0.4 is 4.72 Å². The first-order valence-corrected chi connectivity index (χ1v) is 9.76. The number of thiophene rings is 1. The van der Waals surface area contributed by atoms with Crippen LogP contribution in [0.3, 0.4) is 0 Å². The van der Waals surface area contributed by atoms with Gasteiger partial charge in [0.1, 0.15) is 4.21 Å². The summed E-state index contributed by atoms with van der Waals surface area (Å²) in [4.78, 5) is 4.48. The minimum Gasteiger partial charge on any atom is -0.275 e. The molecule has 4 rings (SSSR count). The third-order valence-electron chi connectivity index (χ3n) is 3.38. The van der Waals surface area contributed by atoms with E-state index >= 15 is 0 Å². The lowest BCUT2D eigenvalue weighted by Gasteiger charge is -2.06. The largest absolute Gasteiger partial charge is 0.275 e. The van der Waals surface area contributed by atoms with Crippen molar-refractivity contribution in [2.45, 2.75) is 23.0 Å². The van der Waals surface area contributed by atoms with Gasteiger partial charge in [-0.05, 0) is 53.0 Å². The number of rotatable bonds is 4. The van der Waals surface area contributed by atoms with Gasteiger partial charge in [0.25, 0.3) is 10.0 Å². The number of pyridine rings is 1. The Morgan fingerprint density at radius 1 is 1.32 bits per heavy atom. The molecule has 1 aliphatic rings. The molecule has 0 aromatic carbocycles. The van der Waals surface area contributed by atoms with E-state index in [1.54, 1.807) is 35.0 Å². The van der Waals surface area contributed by atoms with Crippen molar-refractivity contribution >= 4 is 48.6 Å². The molecule has 22 heavy (non-hydrogen) atoms. The van der Waals surface area contributed by atoms with Crippen molar-refractivity contribution in [3.05, 3.63) is 40.1 Å². The van der Waals surface area contributed by atoms with Crippen molar-refractivity contribution in [2.24, 2.45) is 0 Å². The molecular weight excluding hydrogens is 388 g/mol. The number of aromatic nitrogens is 3. The predicted molar refractivity (Wildman–Crippen MR) is 87.8 cm³/mol. The van der Waals surface area contributed by atoms with E-state index in [1.807, 2.05) is 0 Å². The SMILES string of the molecule is O=S(=O)(Nc1cccn2nc(C3CC3)nc12)c1ccc(Br)s1. The molecule has 6 nitrogen and oxygen atoms in total. The maximum absolute atomic E-state index is 12.4. The molecule has 0 aliphatic heterocycles. The molecule has 1 aliphatic carbocycles. The van der Waals surface area contributed by atoms with E-state index in [0.29, 0.717) is 17.3 Å². The summed E-state index contributed by atoms with van der Waals surface area (Å²) < 4.78 is 30.1. The quantitative estimate of drug-likeness (QED) is 0.731. The zero-order valence-electron chi connectivity index (χ0n) is 11.2. The van der Waals surface area contributed by atoms with Crippen LogP contribution in [-0.2, 0) is 10.0 Å². The van der Waals surface area contributed by atoms with Gasteiger partial charge in [0, 0.05) is 12.1 Å². The maximum atomic E-state index is 12.4. The Morgan fingerprint density at radius 2 is 2.14 bits per heavy atom. The van der Waals surface area contributed by atoms with Crippen LogP contribution in [0.15, 0.2) is 38.5 Å². The minimum atomic E-state index is -3.62. The van der Waals surface area contributed by atoms with Crippen molar-refractivity contribution in [1.82, 2.24) is 14.6 Å². The number of anilines is 1. The van der Waals surface area contributed by atoms with Crippen LogP contribution in [0, 0.1) is 0 Å². The van der Waals surface area contributed by atoms with Gasteiger partial charge in [-0.1, -0.05) is 0 Å². The second-order valence-corrected chi connectivity index (χ2v) is 9.47. The average molecular weight is 399 g/mol. The van der Waals surface area contributed by atoms with Gasteiger partial charge in [-0.25, -0.2) is 17.9 Å².